The summed E-state index contributed by atoms with van der Waals surface area (Å²) in [5, 5.41) is 0. The van der Waals surface area contributed by atoms with E-state index >= 15 is 0 Å². The van der Waals surface area contributed by atoms with E-state index in [0.717, 1.165) is 19.4 Å². The second-order valence-corrected chi connectivity index (χ2v) is 6.01. The third-order valence-corrected chi connectivity index (χ3v) is 4.14. The molecule has 1 fully saturated rings. The van der Waals surface area contributed by atoms with Gasteiger partial charge >= 0.3 is 0 Å². The van der Waals surface area contributed by atoms with Crippen LogP contribution in [0.3, 0.4) is 0 Å². The van der Waals surface area contributed by atoms with Crippen molar-refractivity contribution in [3.63, 3.8) is 0 Å². The molecule has 0 saturated carbocycles. The van der Waals surface area contributed by atoms with Crippen molar-refractivity contribution in [2.24, 2.45) is 11.1 Å². The summed E-state index contributed by atoms with van der Waals surface area (Å²) in [6.07, 6.45) is 2.11. The number of likely N-dealkylation sites (tertiary alicyclic amines) is 1. The van der Waals surface area contributed by atoms with Gasteiger partial charge < -0.3 is 15.5 Å². The summed E-state index contributed by atoms with van der Waals surface area (Å²) >= 11 is 0. The molecule has 1 heterocycles. The van der Waals surface area contributed by atoms with Crippen LogP contribution in [-0.4, -0.2) is 55.0 Å². The van der Waals surface area contributed by atoms with E-state index < -0.39 is 5.41 Å². The van der Waals surface area contributed by atoms with Crippen molar-refractivity contribution in [2.45, 2.75) is 45.7 Å². The Kier molecular flexibility index (Phi) is 4.55. The molecule has 1 aliphatic rings. The average molecular weight is 241 g/mol. The molecular weight excluding hydrogens is 214 g/mol. The van der Waals surface area contributed by atoms with E-state index in [9.17, 15) is 4.79 Å². The normalized spacial score (nSPS) is 26.9. The maximum absolute atomic E-state index is 12.3. The summed E-state index contributed by atoms with van der Waals surface area (Å²) in [6.45, 7) is 7.53. The minimum atomic E-state index is -0.443. The molecule has 0 bridgehead atoms. The van der Waals surface area contributed by atoms with Crippen LogP contribution in [0.1, 0.15) is 33.6 Å². The fourth-order valence-corrected chi connectivity index (χ4v) is 2.35. The van der Waals surface area contributed by atoms with Crippen LogP contribution in [0.5, 0.6) is 0 Å². The van der Waals surface area contributed by atoms with E-state index in [1.54, 1.807) is 0 Å². The van der Waals surface area contributed by atoms with E-state index in [1.807, 2.05) is 25.8 Å². The van der Waals surface area contributed by atoms with Crippen LogP contribution in [-0.2, 0) is 4.79 Å². The van der Waals surface area contributed by atoms with Crippen molar-refractivity contribution in [1.82, 2.24) is 9.80 Å². The van der Waals surface area contributed by atoms with E-state index in [0.29, 0.717) is 18.6 Å². The molecule has 2 atom stereocenters. The molecule has 0 radical (unpaired) electrons. The van der Waals surface area contributed by atoms with Crippen LogP contribution in [0, 0.1) is 5.41 Å². The van der Waals surface area contributed by atoms with Gasteiger partial charge in [0.15, 0.2) is 0 Å². The topological polar surface area (TPSA) is 49.6 Å². The van der Waals surface area contributed by atoms with Crippen molar-refractivity contribution in [1.29, 1.82) is 0 Å². The number of piperidine rings is 1. The minimum Gasteiger partial charge on any atom is -0.342 e. The molecule has 1 amide bonds. The van der Waals surface area contributed by atoms with Gasteiger partial charge in [0.05, 0.1) is 5.41 Å². The molecule has 4 heteroatoms. The number of nitrogens with zero attached hydrogens (tertiary/aromatic N) is 2. The Balaban J connectivity index is 2.65. The minimum absolute atomic E-state index is 0.168. The summed E-state index contributed by atoms with van der Waals surface area (Å²) in [7, 11) is 4.06. The van der Waals surface area contributed by atoms with Crippen LogP contribution in [0.15, 0.2) is 0 Å². The average Bonchev–Trinajstić information content (AvgIpc) is 2.30. The molecule has 100 valence electrons. The van der Waals surface area contributed by atoms with E-state index in [2.05, 4.69) is 18.9 Å². The zero-order chi connectivity index (χ0) is 13.2. The van der Waals surface area contributed by atoms with Gasteiger partial charge in [-0.25, -0.2) is 0 Å². The molecule has 2 unspecified atom stereocenters. The van der Waals surface area contributed by atoms with Crippen molar-refractivity contribution in [2.75, 3.05) is 27.2 Å². The Morgan fingerprint density at radius 2 is 2.12 bits per heavy atom. The zero-order valence-electron chi connectivity index (χ0n) is 11.9. The maximum Gasteiger partial charge on any atom is 0.229 e. The Morgan fingerprint density at radius 1 is 1.53 bits per heavy atom. The van der Waals surface area contributed by atoms with Gasteiger partial charge in [0, 0.05) is 32.2 Å². The van der Waals surface area contributed by atoms with Gasteiger partial charge in [0.25, 0.3) is 0 Å². The van der Waals surface area contributed by atoms with Gasteiger partial charge in [0.1, 0.15) is 0 Å². The lowest BCUT2D eigenvalue weighted by atomic mass is 9.89. The molecule has 0 aromatic heterocycles. The van der Waals surface area contributed by atoms with Gasteiger partial charge in [-0.1, -0.05) is 0 Å². The standard InChI is InChI=1S/C13H27N3O/c1-10-8-11(6-7-15(10)4)16(5)12(17)13(2,3)9-14/h10-11H,6-9,14H2,1-5H3. The van der Waals surface area contributed by atoms with E-state index in [4.69, 9.17) is 5.73 Å². The van der Waals surface area contributed by atoms with Crippen LogP contribution in [0.2, 0.25) is 0 Å². The molecule has 1 saturated heterocycles. The van der Waals surface area contributed by atoms with E-state index in [-0.39, 0.29) is 5.91 Å². The third-order valence-electron chi connectivity index (χ3n) is 4.14. The number of carbonyl (C=O) groups is 1. The molecule has 17 heavy (non-hydrogen) atoms. The molecule has 1 aliphatic heterocycles. The summed E-state index contributed by atoms with van der Waals surface area (Å²) in [5.74, 6) is 0.168. The molecular formula is C13H27N3O. The van der Waals surface area contributed by atoms with Gasteiger partial charge in [-0.3, -0.25) is 4.79 Å². The highest BCUT2D eigenvalue weighted by molar-refractivity contribution is 5.82. The number of nitrogens with two attached hydrogens (primary N) is 1. The van der Waals surface area contributed by atoms with Crippen LogP contribution in [0.4, 0.5) is 0 Å². The Hall–Kier alpha value is -0.610. The van der Waals surface area contributed by atoms with Crippen molar-refractivity contribution >= 4 is 5.91 Å². The number of hydrogen-bond acceptors (Lipinski definition) is 3. The Morgan fingerprint density at radius 3 is 2.59 bits per heavy atom. The summed E-state index contributed by atoms with van der Waals surface area (Å²) in [6, 6.07) is 0.907. The first-order chi connectivity index (χ1) is 7.79. The number of amides is 1. The molecule has 0 aromatic carbocycles. The molecule has 0 aliphatic carbocycles. The van der Waals surface area contributed by atoms with Crippen LogP contribution >= 0.6 is 0 Å². The quantitative estimate of drug-likeness (QED) is 0.799. The smallest absolute Gasteiger partial charge is 0.229 e. The lowest BCUT2D eigenvalue weighted by Crippen LogP contribution is -2.52. The molecule has 1 rings (SSSR count). The second-order valence-electron chi connectivity index (χ2n) is 6.01. The predicted molar refractivity (Wildman–Crippen MR) is 70.7 cm³/mol. The van der Waals surface area contributed by atoms with Gasteiger partial charge in [-0.2, -0.15) is 0 Å². The van der Waals surface area contributed by atoms with Gasteiger partial charge in [-0.05, 0) is 40.7 Å². The fraction of sp³-hybridized carbons (Fsp3) is 0.923. The van der Waals surface area contributed by atoms with Crippen molar-refractivity contribution in [3.8, 4) is 0 Å². The van der Waals surface area contributed by atoms with Gasteiger partial charge in [0.2, 0.25) is 5.91 Å². The highest BCUT2D eigenvalue weighted by Crippen LogP contribution is 2.24. The fourth-order valence-electron chi connectivity index (χ4n) is 2.35. The largest absolute Gasteiger partial charge is 0.342 e. The monoisotopic (exact) mass is 241 g/mol. The number of carbonyl (C=O) groups excluding carboxylic acids is 1. The molecule has 0 aromatic rings. The number of hydrogen-bond donors (Lipinski definition) is 1. The zero-order valence-corrected chi connectivity index (χ0v) is 11.9. The first-order valence-electron chi connectivity index (χ1n) is 6.47. The Labute approximate surface area is 105 Å². The summed E-state index contributed by atoms with van der Waals surface area (Å²) < 4.78 is 0. The first-order valence-corrected chi connectivity index (χ1v) is 6.47. The lowest BCUT2D eigenvalue weighted by Gasteiger charge is -2.41. The SMILES string of the molecule is CC1CC(N(C)C(=O)C(C)(C)CN)CCN1C. The molecule has 4 nitrogen and oxygen atoms in total. The Bertz CT molecular complexity index is 278. The summed E-state index contributed by atoms with van der Waals surface area (Å²) in [5.41, 5.74) is 5.23. The second kappa shape index (κ2) is 5.36. The first kappa shape index (κ1) is 14.5. The third kappa shape index (κ3) is 3.19. The van der Waals surface area contributed by atoms with Crippen molar-refractivity contribution in [3.05, 3.63) is 0 Å². The lowest BCUT2D eigenvalue weighted by molar-refractivity contribution is -0.141. The maximum atomic E-state index is 12.3. The number of rotatable bonds is 3. The summed E-state index contributed by atoms with van der Waals surface area (Å²) in [4.78, 5) is 16.6. The van der Waals surface area contributed by atoms with Gasteiger partial charge in [-0.15, -0.1) is 0 Å². The van der Waals surface area contributed by atoms with Crippen molar-refractivity contribution < 1.29 is 4.79 Å². The highest BCUT2D eigenvalue weighted by Gasteiger charge is 2.34. The van der Waals surface area contributed by atoms with E-state index in [1.165, 1.54) is 0 Å². The molecule has 2 N–H and O–H groups in total. The highest BCUT2D eigenvalue weighted by atomic mass is 16.2. The predicted octanol–water partition coefficient (Wildman–Crippen LogP) is 0.912. The van der Waals surface area contributed by atoms with Crippen LogP contribution in [0.25, 0.3) is 0 Å². The molecule has 0 spiro atoms. The van der Waals surface area contributed by atoms with Crippen LogP contribution < -0.4 is 5.73 Å².